The predicted octanol–water partition coefficient (Wildman–Crippen LogP) is 9.44. The van der Waals surface area contributed by atoms with Crippen molar-refractivity contribution >= 4 is 32.6 Å². The standard InChI is InChI=1S/C54H54N10O2/c1-5-33-29-61-23-19-36(33)25-50(61)53(40-17-21-55-46-15-13-38(65-3)27-44(40)46)63-31-48(57-59-63)42-11-7-9-35-10-8-12-43(52(35)42)49-32-64(60-58-49)54(51-26-37-20-24-62(51)30-34(37)6-2)41-18-22-56-47-16-14-39(66-4)28-45(41)47/h5-18,21-22,27-28,31-34,36-37,50-51,53-54H,1-2,19-20,23-26,29-30H2,3-4H3/t33?,34?,36?,37?,50?,51?,53-,54-/m0/s1. The van der Waals surface area contributed by atoms with Crippen molar-refractivity contribution < 1.29 is 9.47 Å². The highest BCUT2D eigenvalue weighted by Crippen LogP contribution is 2.46. The number of aromatic nitrogens is 8. The quantitative estimate of drug-likeness (QED) is 0.110. The topological polar surface area (TPSA) is 112 Å². The van der Waals surface area contributed by atoms with Crippen molar-refractivity contribution in [1.29, 1.82) is 0 Å². The van der Waals surface area contributed by atoms with Crippen LogP contribution in [0.3, 0.4) is 0 Å². The van der Waals surface area contributed by atoms with Crippen LogP contribution in [-0.2, 0) is 0 Å². The molecule has 14 rings (SSSR count). The lowest BCUT2D eigenvalue weighted by Gasteiger charge is -2.51. The van der Waals surface area contributed by atoms with E-state index in [0.29, 0.717) is 23.7 Å². The van der Waals surface area contributed by atoms with Crippen LogP contribution in [0.25, 0.3) is 55.1 Å². The Bertz CT molecular complexity index is 2940. The molecule has 4 aromatic heterocycles. The van der Waals surface area contributed by atoms with Crippen LogP contribution in [0, 0.1) is 23.7 Å². The molecule has 6 saturated heterocycles. The Morgan fingerprint density at radius 2 is 1.11 bits per heavy atom. The van der Waals surface area contributed by atoms with Gasteiger partial charge in [-0.05, 0) is 127 Å². The first kappa shape index (κ1) is 40.7. The summed E-state index contributed by atoms with van der Waals surface area (Å²) in [5.74, 6) is 3.75. The molecule has 10 atom stereocenters. The van der Waals surface area contributed by atoms with Gasteiger partial charge in [-0.3, -0.25) is 19.8 Å². The second-order valence-electron chi connectivity index (χ2n) is 18.8. The Morgan fingerprint density at radius 3 is 1.53 bits per heavy atom. The fraction of sp³-hybridized carbons (Fsp3) is 0.333. The van der Waals surface area contributed by atoms with Crippen molar-refractivity contribution in [2.45, 2.75) is 49.9 Å². The van der Waals surface area contributed by atoms with E-state index in [0.717, 1.165) is 117 Å². The second-order valence-corrected chi connectivity index (χ2v) is 18.8. The van der Waals surface area contributed by atoms with Crippen LogP contribution in [0.4, 0.5) is 0 Å². The van der Waals surface area contributed by atoms with Crippen molar-refractivity contribution in [3.8, 4) is 34.0 Å². The Hall–Kier alpha value is -6.76. The summed E-state index contributed by atoms with van der Waals surface area (Å²) >= 11 is 0. The normalized spacial score (nSPS) is 25.5. The van der Waals surface area contributed by atoms with E-state index in [-0.39, 0.29) is 24.2 Å². The third kappa shape index (κ3) is 6.79. The third-order valence-electron chi connectivity index (χ3n) is 15.7. The molecule has 10 heterocycles. The van der Waals surface area contributed by atoms with Crippen LogP contribution in [0.2, 0.25) is 0 Å². The minimum absolute atomic E-state index is 0.111. The first-order chi connectivity index (χ1) is 32.5. The molecule has 4 bridgehead atoms. The van der Waals surface area contributed by atoms with Crippen LogP contribution >= 0.6 is 0 Å². The average molecular weight is 875 g/mol. The van der Waals surface area contributed by atoms with E-state index in [4.69, 9.17) is 40.1 Å². The minimum atomic E-state index is -0.111. The zero-order chi connectivity index (χ0) is 44.5. The van der Waals surface area contributed by atoms with Crippen LogP contribution in [0.5, 0.6) is 11.5 Å². The number of fused-ring (bicyclic) bond motifs is 9. The summed E-state index contributed by atoms with van der Waals surface area (Å²) in [6, 6.07) is 29.7. The number of ether oxygens (including phenoxy) is 2. The van der Waals surface area contributed by atoms with Gasteiger partial charge in [0.2, 0.25) is 0 Å². The molecule has 0 saturated carbocycles. The number of pyridine rings is 2. The molecular formula is C54H54N10O2. The smallest absolute Gasteiger partial charge is 0.119 e. The molecule has 12 heteroatoms. The SMILES string of the molecule is C=CC1CN2CCC1CC2[C@H](c1ccnc2ccc(OC)cc12)n1cc(-c2cccc3cccc(-c4cn([C@@H](c5ccnc6ccc(OC)cc56)C5CC6CCN5CC6C=C)nn4)c23)nn1. The second kappa shape index (κ2) is 16.6. The van der Waals surface area contributed by atoms with Crippen molar-refractivity contribution in [1.82, 2.24) is 49.8 Å². The maximum atomic E-state index is 5.74. The zero-order valence-corrected chi connectivity index (χ0v) is 37.5. The summed E-state index contributed by atoms with van der Waals surface area (Å²) in [7, 11) is 3.43. The van der Waals surface area contributed by atoms with Gasteiger partial charge in [-0.1, -0.05) is 59.0 Å². The number of hydrogen-bond acceptors (Lipinski definition) is 10. The highest BCUT2D eigenvalue weighted by Gasteiger charge is 2.45. The van der Waals surface area contributed by atoms with Crippen molar-refractivity contribution in [3.05, 3.63) is 146 Å². The lowest BCUT2D eigenvalue weighted by Crippen LogP contribution is -2.56. The summed E-state index contributed by atoms with van der Waals surface area (Å²) in [6.45, 7) is 12.5. The third-order valence-corrected chi connectivity index (χ3v) is 15.7. The molecule has 0 radical (unpaired) electrons. The molecule has 0 aliphatic carbocycles. The van der Waals surface area contributed by atoms with Gasteiger partial charge in [0.1, 0.15) is 22.9 Å². The largest absolute Gasteiger partial charge is 0.497 e. The lowest BCUT2D eigenvalue weighted by atomic mass is 9.73. The molecule has 332 valence electrons. The number of hydrogen-bond donors (Lipinski definition) is 0. The zero-order valence-electron chi connectivity index (χ0n) is 37.5. The molecular weight excluding hydrogens is 821 g/mol. The number of piperidine rings is 6. The first-order valence-corrected chi connectivity index (χ1v) is 23.4. The van der Waals surface area contributed by atoms with E-state index in [2.05, 4.69) is 118 Å². The fourth-order valence-corrected chi connectivity index (χ4v) is 12.4. The molecule has 6 aliphatic heterocycles. The summed E-state index contributed by atoms with van der Waals surface area (Å²) in [6.07, 6.45) is 16.9. The van der Waals surface area contributed by atoms with Crippen LogP contribution in [0.1, 0.15) is 48.9 Å². The summed E-state index contributed by atoms with van der Waals surface area (Å²) in [4.78, 5) is 14.8. The summed E-state index contributed by atoms with van der Waals surface area (Å²) in [5, 5.41) is 24.3. The number of methoxy groups -OCH3 is 2. The summed E-state index contributed by atoms with van der Waals surface area (Å²) in [5.41, 5.74) is 7.79. The highest BCUT2D eigenvalue weighted by molar-refractivity contribution is 6.05. The number of rotatable bonds is 12. The van der Waals surface area contributed by atoms with Gasteiger partial charge in [-0.2, -0.15) is 0 Å². The Morgan fingerprint density at radius 1 is 0.621 bits per heavy atom. The number of nitrogens with zero attached hydrogens (tertiary/aromatic N) is 10. The van der Waals surface area contributed by atoms with Gasteiger partial charge in [-0.25, -0.2) is 9.36 Å². The monoisotopic (exact) mass is 874 g/mol. The van der Waals surface area contributed by atoms with Gasteiger partial charge >= 0.3 is 0 Å². The van der Waals surface area contributed by atoms with Gasteiger partial charge in [0.15, 0.2) is 0 Å². The molecule has 8 unspecified atom stereocenters. The number of benzene rings is 4. The molecule has 0 spiro atoms. The Kier molecular flexibility index (Phi) is 10.2. The van der Waals surface area contributed by atoms with E-state index >= 15 is 0 Å². The maximum Gasteiger partial charge on any atom is 0.119 e. The Balaban J connectivity index is 0.966. The maximum absolute atomic E-state index is 5.74. The Labute approximate surface area is 384 Å². The molecule has 4 aromatic carbocycles. The van der Waals surface area contributed by atoms with E-state index < -0.39 is 0 Å². The highest BCUT2D eigenvalue weighted by atomic mass is 16.5. The average Bonchev–Trinajstić information content (AvgIpc) is 4.07. The molecule has 6 aliphatic rings. The van der Waals surface area contributed by atoms with Gasteiger partial charge < -0.3 is 9.47 Å². The summed E-state index contributed by atoms with van der Waals surface area (Å²) < 4.78 is 15.7. The van der Waals surface area contributed by atoms with E-state index in [9.17, 15) is 0 Å². The molecule has 66 heavy (non-hydrogen) atoms. The van der Waals surface area contributed by atoms with Gasteiger partial charge in [0, 0.05) is 64.9 Å². The van der Waals surface area contributed by atoms with Crippen LogP contribution in [0.15, 0.2) is 135 Å². The van der Waals surface area contributed by atoms with Crippen molar-refractivity contribution in [3.63, 3.8) is 0 Å². The van der Waals surface area contributed by atoms with E-state index in [1.54, 1.807) is 14.2 Å². The predicted molar refractivity (Wildman–Crippen MR) is 258 cm³/mol. The van der Waals surface area contributed by atoms with E-state index in [1.807, 2.05) is 36.7 Å². The first-order valence-electron chi connectivity index (χ1n) is 23.4. The van der Waals surface area contributed by atoms with Crippen LogP contribution in [-0.4, -0.2) is 102 Å². The molecule has 8 aromatic rings. The minimum Gasteiger partial charge on any atom is -0.497 e. The molecule has 12 nitrogen and oxygen atoms in total. The van der Waals surface area contributed by atoms with Crippen LogP contribution < -0.4 is 9.47 Å². The van der Waals surface area contributed by atoms with Crippen molar-refractivity contribution in [2.24, 2.45) is 23.7 Å². The molecule has 0 N–H and O–H groups in total. The van der Waals surface area contributed by atoms with Gasteiger partial charge in [-0.15, -0.1) is 23.4 Å². The van der Waals surface area contributed by atoms with E-state index in [1.165, 1.54) is 12.8 Å². The van der Waals surface area contributed by atoms with Crippen molar-refractivity contribution in [2.75, 3.05) is 40.4 Å². The van der Waals surface area contributed by atoms with Gasteiger partial charge in [0.25, 0.3) is 0 Å². The fourth-order valence-electron chi connectivity index (χ4n) is 12.4. The molecule has 6 fully saturated rings. The molecule has 0 amide bonds. The lowest BCUT2D eigenvalue weighted by molar-refractivity contribution is -0.000131. The van der Waals surface area contributed by atoms with Gasteiger partial charge in [0.05, 0.1) is 49.7 Å².